The lowest BCUT2D eigenvalue weighted by Gasteiger charge is -2.17. The molecule has 0 unspecified atom stereocenters. The van der Waals surface area contributed by atoms with Crippen LogP contribution in [-0.2, 0) is 0 Å². The largest absolute Gasteiger partial charge is 0.354 e. The number of hydrogen-bond acceptors (Lipinski definition) is 3. The molecule has 0 aliphatic heterocycles. The number of nitrogens with zero attached hydrogens (tertiary/aromatic N) is 2. The third kappa shape index (κ3) is 3.26. The second-order valence-corrected chi connectivity index (χ2v) is 10.1. The van der Waals surface area contributed by atoms with Crippen molar-refractivity contribution in [3.05, 3.63) is 133 Å². The standard InChI is InChI=1S/C36H24N4/c37-21-33-29-13-3-1-9-25(29)27-11-5-7-15-31(27)35(33)39-23-17-19-24(20-18-23)40-36-32-16-8-6-12-28(32)26-10-2-4-14-30(26)34(36)22-38-40/h1-22,37,39H. The highest BCUT2D eigenvalue weighted by atomic mass is 15.3. The second-order valence-electron chi connectivity index (χ2n) is 10.1. The molecule has 0 aliphatic rings. The molecule has 0 saturated carbocycles. The van der Waals surface area contributed by atoms with Crippen LogP contribution in [0.15, 0.2) is 128 Å². The molecule has 0 aliphatic carbocycles. The Labute approximate surface area is 230 Å². The van der Waals surface area contributed by atoms with E-state index in [1.165, 1.54) is 33.1 Å². The van der Waals surface area contributed by atoms with Crippen molar-refractivity contribution in [2.75, 3.05) is 5.32 Å². The number of nitrogens with one attached hydrogen (secondary N) is 2. The van der Waals surface area contributed by atoms with Crippen molar-refractivity contribution in [1.82, 2.24) is 9.78 Å². The first-order valence-corrected chi connectivity index (χ1v) is 13.4. The summed E-state index contributed by atoms with van der Waals surface area (Å²) >= 11 is 0. The molecule has 188 valence electrons. The zero-order valence-electron chi connectivity index (χ0n) is 21.6. The van der Waals surface area contributed by atoms with Crippen molar-refractivity contribution >= 4 is 71.6 Å². The zero-order chi connectivity index (χ0) is 26.6. The second kappa shape index (κ2) is 8.79. The molecule has 0 atom stereocenters. The van der Waals surface area contributed by atoms with Crippen LogP contribution in [0.25, 0.3) is 59.7 Å². The molecule has 4 nitrogen and oxygen atoms in total. The first kappa shape index (κ1) is 22.5. The topological polar surface area (TPSA) is 53.7 Å². The lowest BCUT2D eigenvalue weighted by atomic mass is 9.95. The third-order valence-corrected chi connectivity index (χ3v) is 7.96. The Morgan fingerprint density at radius 1 is 0.525 bits per heavy atom. The summed E-state index contributed by atoms with van der Waals surface area (Å²) in [6.45, 7) is 0. The number of rotatable bonds is 4. The van der Waals surface area contributed by atoms with Gasteiger partial charge in [0.15, 0.2) is 0 Å². The van der Waals surface area contributed by atoms with Gasteiger partial charge in [-0.05, 0) is 56.6 Å². The van der Waals surface area contributed by atoms with Gasteiger partial charge in [-0.25, -0.2) is 4.68 Å². The van der Waals surface area contributed by atoms with Crippen molar-refractivity contribution in [1.29, 1.82) is 5.41 Å². The Hall–Kier alpha value is -5.48. The van der Waals surface area contributed by atoms with Crippen LogP contribution in [0, 0.1) is 5.41 Å². The Kier molecular flexibility index (Phi) is 4.94. The Balaban J connectivity index is 1.27. The van der Waals surface area contributed by atoms with E-state index >= 15 is 0 Å². The van der Waals surface area contributed by atoms with E-state index in [-0.39, 0.29) is 0 Å². The van der Waals surface area contributed by atoms with Crippen molar-refractivity contribution in [3.63, 3.8) is 0 Å². The van der Waals surface area contributed by atoms with Crippen molar-refractivity contribution < 1.29 is 0 Å². The Morgan fingerprint density at radius 3 is 1.62 bits per heavy atom. The van der Waals surface area contributed by atoms with E-state index in [1.54, 1.807) is 0 Å². The van der Waals surface area contributed by atoms with Crippen LogP contribution in [0.3, 0.4) is 0 Å². The predicted molar refractivity (Wildman–Crippen MR) is 169 cm³/mol. The summed E-state index contributed by atoms with van der Waals surface area (Å²) in [6, 6.07) is 42.2. The molecule has 0 saturated heterocycles. The van der Waals surface area contributed by atoms with Crippen molar-refractivity contribution in [3.8, 4) is 5.69 Å². The molecule has 0 fully saturated rings. The lowest BCUT2D eigenvalue weighted by molar-refractivity contribution is 0.913. The van der Waals surface area contributed by atoms with E-state index < -0.39 is 0 Å². The Morgan fingerprint density at radius 2 is 1.00 bits per heavy atom. The van der Waals surface area contributed by atoms with Gasteiger partial charge in [-0.3, -0.25) is 0 Å². The lowest BCUT2D eigenvalue weighted by Crippen LogP contribution is -2.00. The fraction of sp³-hybridized carbons (Fsp3) is 0. The van der Waals surface area contributed by atoms with Crippen LogP contribution in [-0.4, -0.2) is 16.0 Å². The minimum atomic E-state index is 0.884. The average molecular weight is 513 g/mol. The van der Waals surface area contributed by atoms with Crippen LogP contribution in [0.5, 0.6) is 0 Å². The minimum absolute atomic E-state index is 0.884. The monoisotopic (exact) mass is 512 g/mol. The quantitative estimate of drug-likeness (QED) is 0.182. The average Bonchev–Trinajstić information content (AvgIpc) is 3.48. The number of benzene rings is 7. The molecule has 1 heterocycles. The van der Waals surface area contributed by atoms with Gasteiger partial charge in [-0.15, -0.1) is 0 Å². The van der Waals surface area contributed by atoms with Gasteiger partial charge in [0.1, 0.15) is 0 Å². The first-order valence-electron chi connectivity index (χ1n) is 13.4. The molecule has 0 amide bonds. The van der Waals surface area contributed by atoms with Gasteiger partial charge >= 0.3 is 0 Å². The molecule has 8 aromatic rings. The summed E-state index contributed by atoms with van der Waals surface area (Å²) in [7, 11) is 0. The van der Waals surface area contributed by atoms with E-state index in [2.05, 4.69) is 121 Å². The maximum Gasteiger partial charge on any atom is 0.0825 e. The fourth-order valence-electron chi connectivity index (χ4n) is 6.16. The predicted octanol–water partition coefficient (Wildman–Crippen LogP) is 9.38. The molecule has 8 rings (SSSR count). The molecular weight excluding hydrogens is 488 g/mol. The van der Waals surface area contributed by atoms with Gasteiger partial charge in [-0.2, -0.15) is 5.10 Å². The maximum atomic E-state index is 8.26. The van der Waals surface area contributed by atoms with E-state index in [0.29, 0.717) is 0 Å². The molecule has 0 radical (unpaired) electrons. The van der Waals surface area contributed by atoms with Crippen LogP contribution < -0.4 is 5.32 Å². The highest BCUT2D eigenvalue weighted by Crippen LogP contribution is 2.38. The fourth-order valence-corrected chi connectivity index (χ4v) is 6.16. The van der Waals surface area contributed by atoms with Gasteiger partial charge in [0.2, 0.25) is 0 Å². The van der Waals surface area contributed by atoms with Crippen molar-refractivity contribution in [2.45, 2.75) is 0 Å². The van der Waals surface area contributed by atoms with Crippen LogP contribution in [0.1, 0.15) is 5.56 Å². The molecule has 1 aromatic heterocycles. The summed E-state index contributed by atoms with van der Waals surface area (Å²) in [5.41, 5.74) is 4.89. The maximum absolute atomic E-state index is 8.26. The van der Waals surface area contributed by atoms with Gasteiger partial charge in [0, 0.05) is 33.6 Å². The van der Waals surface area contributed by atoms with Crippen LogP contribution >= 0.6 is 0 Å². The molecule has 7 aromatic carbocycles. The highest BCUT2D eigenvalue weighted by Gasteiger charge is 2.15. The first-order chi connectivity index (χ1) is 19.8. The summed E-state index contributed by atoms with van der Waals surface area (Å²) in [4.78, 5) is 0. The van der Waals surface area contributed by atoms with E-state index in [9.17, 15) is 0 Å². The number of anilines is 2. The van der Waals surface area contributed by atoms with E-state index in [1.807, 2.05) is 16.9 Å². The highest BCUT2D eigenvalue weighted by molar-refractivity contribution is 6.24. The van der Waals surface area contributed by atoms with Crippen LogP contribution in [0.4, 0.5) is 11.4 Å². The number of aromatic nitrogens is 2. The normalized spacial score (nSPS) is 11.6. The van der Waals surface area contributed by atoms with Gasteiger partial charge in [-0.1, -0.05) is 97.1 Å². The molecule has 2 N–H and O–H groups in total. The van der Waals surface area contributed by atoms with Crippen molar-refractivity contribution in [2.24, 2.45) is 0 Å². The SMILES string of the molecule is N=Cc1c(Nc2ccc(-n3ncc4c5ccccc5c5ccccc5c43)cc2)c2ccccc2c2ccccc12. The van der Waals surface area contributed by atoms with Crippen LogP contribution in [0.2, 0.25) is 0 Å². The van der Waals surface area contributed by atoms with E-state index in [4.69, 9.17) is 10.5 Å². The minimum Gasteiger partial charge on any atom is -0.354 e. The molecule has 40 heavy (non-hydrogen) atoms. The summed E-state index contributed by atoms with van der Waals surface area (Å²) in [5.74, 6) is 0. The number of fused-ring (bicyclic) bond motifs is 9. The number of hydrogen-bond donors (Lipinski definition) is 2. The van der Waals surface area contributed by atoms with Gasteiger partial charge < -0.3 is 10.7 Å². The van der Waals surface area contributed by atoms with Gasteiger partial charge in [0.25, 0.3) is 0 Å². The Bertz CT molecular complexity index is 2260. The van der Waals surface area contributed by atoms with Gasteiger partial charge in [0.05, 0.1) is 23.1 Å². The molecule has 0 bridgehead atoms. The smallest absolute Gasteiger partial charge is 0.0825 e. The summed E-state index contributed by atoms with van der Waals surface area (Å²) in [6.07, 6.45) is 3.44. The summed E-state index contributed by atoms with van der Waals surface area (Å²) in [5, 5.41) is 27.3. The van der Waals surface area contributed by atoms with E-state index in [0.717, 1.165) is 49.7 Å². The molecule has 0 spiro atoms. The molecular formula is C36H24N4. The third-order valence-electron chi connectivity index (χ3n) is 7.96. The molecule has 4 heteroatoms. The summed E-state index contributed by atoms with van der Waals surface area (Å²) < 4.78 is 2.04. The zero-order valence-corrected chi connectivity index (χ0v) is 21.6.